The number of amides is 1. The first-order valence-electron chi connectivity index (χ1n) is 35.9. The zero-order chi connectivity index (χ0) is 57.7. The number of unbranched alkanes of at least 4 members (excludes halogenated alkanes) is 55. The molecule has 0 heterocycles. The van der Waals surface area contributed by atoms with Crippen molar-refractivity contribution in [2.75, 3.05) is 40.9 Å². The van der Waals surface area contributed by atoms with E-state index in [9.17, 15) is 19.4 Å². The molecule has 8 nitrogen and oxygen atoms in total. The molecule has 0 aliphatic carbocycles. The molecule has 0 spiro atoms. The Labute approximate surface area is 495 Å². The molecule has 3 unspecified atom stereocenters. The molecule has 0 fully saturated rings. The van der Waals surface area contributed by atoms with E-state index in [2.05, 4.69) is 19.2 Å². The molecular formula is C70H144N2O6P+. The van der Waals surface area contributed by atoms with Gasteiger partial charge in [-0.1, -0.05) is 373 Å². The number of carbonyl (C=O) groups excluding carboxylic acids is 1. The first-order valence-corrected chi connectivity index (χ1v) is 37.4. The fourth-order valence-electron chi connectivity index (χ4n) is 11.5. The van der Waals surface area contributed by atoms with E-state index in [-0.39, 0.29) is 19.1 Å². The topological polar surface area (TPSA) is 105 Å². The summed E-state index contributed by atoms with van der Waals surface area (Å²) in [6, 6.07) is -0.756. The Morgan fingerprint density at radius 2 is 0.608 bits per heavy atom. The quantitative estimate of drug-likeness (QED) is 0.0318. The van der Waals surface area contributed by atoms with Gasteiger partial charge in [-0.25, -0.2) is 4.57 Å². The summed E-state index contributed by atoms with van der Waals surface area (Å²) in [5.41, 5.74) is 0. The molecule has 0 aromatic heterocycles. The Bertz CT molecular complexity index is 1250. The fraction of sp³-hybridized carbons (Fsp3) is 0.986. The normalized spacial score (nSPS) is 13.6. The lowest BCUT2D eigenvalue weighted by atomic mass is 10.0. The van der Waals surface area contributed by atoms with E-state index in [1.165, 1.54) is 327 Å². The second-order valence-corrected chi connectivity index (χ2v) is 27.8. The highest BCUT2D eigenvalue weighted by Gasteiger charge is 2.28. The number of hydrogen-bond donors (Lipinski definition) is 3. The first kappa shape index (κ1) is 78.5. The second-order valence-electron chi connectivity index (χ2n) is 26.3. The van der Waals surface area contributed by atoms with Crippen LogP contribution in [0.1, 0.15) is 393 Å². The Morgan fingerprint density at radius 3 is 0.848 bits per heavy atom. The van der Waals surface area contributed by atoms with Crippen LogP contribution in [0.15, 0.2) is 0 Å². The number of likely N-dealkylation sites (N-methyl/N-ethyl adjacent to an activating group) is 1. The zero-order valence-electron chi connectivity index (χ0n) is 54.4. The molecular weight excluding hydrogens is 996 g/mol. The summed E-state index contributed by atoms with van der Waals surface area (Å²) >= 11 is 0. The highest BCUT2D eigenvalue weighted by molar-refractivity contribution is 7.47. The molecule has 474 valence electrons. The first-order chi connectivity index (χ1) is 38.5. The molecule has 1 amide bonds. The maximum atomic E-state index is 13.1. The highest BCUT2D eigenvalue weighted by atomic mass is 31.2. The van der Waals surface area contributed by atoms with Crippen LogP contribution in [0.25, 0.3) is 0 Å². The number of rotatable bonds is 68. The summed E-state index contributed by atoms with van der Waals surface area (Å²) in [4.78, 5) is 23.4. The number of nitrogens with zero attached hydrogens (tertiary/aromatic N) is 1. The molecule has 0 aliphatic rings. The summed E-state index contributed by atoms with van der Waals surface area (Å²) in [7, 11) is 1.64. The van der Waals surface area contributed by atoms with Gasteiger partial charge in [0.1, 0.15) is 13.2 Å². The second kappa shape index (κ2) is 62.0. The van der Waals surface area contributed by atoms with Crippen LogP contribution in [0.4, 0.5) is 0 Å². The van der Waals surface area contributed by atoms with Crippen LogP contribution in [-0.2, 0) is 18.4 Å². The van der Waals surface area contributed by atoms with Crippen LogP contribution < -0.4 is 5.32 Å². The van der Waals surface area contributed by atoms with E-state index in [0.717, 1.165) is 38.5 Å². The average Bonchev–Trinajstić information content (AvgIpc) is 3.42. The Balaban J connectivity index is 3.90. The molecule has 79 heavy (non-hydrogen) atoms. The molecule has 0 rings (SSSR count). The number of phosphoric ester groups is 1. The van der Waals surface area contributed by atoms with Gasteiger partial charge in [0.15, 0.2) is 0 Å². The third-order valence-corrected chi connectivity index (χ3v) is 18.1. The number of hydrogen-bond acceptors (Lipinski definition) is 5. The minimum absolute atomic E-state index is 0.0794. The number of nitrogens with one attached hydrogen (secondary N) is 1. The Kier molecular flexibility index (Phi) is 61.7. The molecule has 0 radical (unpaired) electrons. The number of carbonyl (C=O) groups is 1. The molecule has 0 saturated carbocycles. The van der Waals surface area contributed by atoms with E-state index >= 15 is 0 Å². The largest absolute Gasteiger partial charge is 0.472 e. The predicted molar refractivity (Wildman–Crippen MR) is 346 cm³/mol. The van der Waals surface area contributed by atoms with Crippen molar-refractivity contribution >= 4 is 13.7 Å². The molecule has 3 N–H and O–H groups in total. The van der Waals surface area contributed by atoms with Crippen LogP contribution in [0.3, 0.4) is 0 Å². The van der Waals surface area contributed by atoms with Gasteiger partial charge in [-0.15, -0.1) is 0 Å². The molecule has 0 aliphatic heterocycles. The lowest BCUT2D eigenvalue weighted by molar-refractivity contribution is -0.870. The van der Waals surface area contributed by atoms with E-state index < -0.39 is 20.0 Å². The highest BCUT2D eigenvalue weighted by Crippen LogP contribution is 2.43. The van der Waals surface area contributed by atoms with Crippen LogP contribution in [0.5, 0.6) is 0 Å². The number of aliphatic hydroxyl groups excluding tert-OH is 1. The van der Waals surface area contributed by atoms with Crippen LogP contribution in [-0.4, -0.2) is 73.4 Å². The molecule has 0 aromatic carbocycles. The smallest absolute Gasteiger partial charge is 0.391 e. The minimum atomic E-state index is -4.32. The van der Waals surface area contributed by atoms with Gasteiger partial charge in [-0.2, -0.15) is 0 Å². The van der Waals surface area contributed by atoms with Crippen molar-refractivity contribution in [2.45, 2.75) is 405 Å². The Hall–Kier alpha value is -0.500. The van der Waals surface area contributed by atoms with Gasteiger partial charge >= 0.3 is 7.82 Å². The van der Waals surface area contributed by atoms with Crippen molar-refractivity contribution in [3.05, 3.63) is 0 Å². The van der Waals surface area contributed by atoms with Crippen LogP contribution in [0, 0.1) is 0 Å². The fourth-order valence-corrected chi connectivity index (χ4v) is 12.3. The molecule has 0 aromatic rings. The average molecular weight is 1140 g/mol. The Morgan fingerprint density at radius 1 is 0.380 bits per heavy atom. The predicted octanol–water partition coefficient (Wildman–Crippen LogP) is 22.7. The van der Waals surface area contributed by atoms with Crippen molar-refractivity contribution in [1.82, 2.24) is 5.32 Å². The van der Waals surface area contributed by atoms with E-state index in [0.29, 0.717) is 23.9 Å². The zero-order valence-corrected chi connectivity index (χ0v) is 55.3. The van der Waals surface area contributed by atoms with Crippen molar-refractivity contribution < 1.29 is 32.9 Å². The van der Waals surface area contributed by atoms with Crippen molar-refractivity contribution in [2.24, 2.45) is 0 Å². The van der Waals surface area contributed by atoms with Gasteiger partial charge in [-0.05, 0) is 12.8 Å². The summed E-state index contributed by atoms with van der Waals surface area (Å²) < 4.78 is 23.9. The number of phosphoric acid groups is 1. The van der Waals surface area contributed by atoms with E-state index in [1.807, 2.05) is 21.1 Å². The molecule has 3 atom stereocenters. The standard InChI is InChI=1S/C70H143N2O6P/c1-6-8-10-12-14-16-18-20-22-24-26-28-29-30-31-32-33-34-35-36-37-38-39-40-41-42-44-46-48-50-52-54-56-58-60-62-64-70(74)71-68(67-78-79(75,76)77-66-65-72(3,4)5)69(73)63-61-59-57-55-53-51-49-47-45-43-27-25-23-21-19-17-15-13-11-9-7-2/h68-69,73H,6-67H2,1-5H3,(H-,71,74,75,76)/p+1. The summed E-state index contributed by atoms with van der Waals surface area (Å²) in [5, 5.41) is 14.1. The van der Waals surface area contributed by atoms with Gasteiger partial charge in [0.25, 0.3) is 0 Å². The number of aliphatic hydroxyl groups is 1. The lowest BCUT2D eigenvalue weighted by Crippen LogP contribution is -2.46. The monoisotopic (exact) mass is 1140 g/mol. The van der Waals surface area contributed by atoms with Gasteiger partial charge in [0.05, 0.1) is 39.9 Å². The molecule has 0 saturated heterocycles. The summed E-state index contributed by atoms with van der Waals surface area (Å²) in [6.07, 6.45) is 77.9. The van der Waals surface area contributed by atoms with Gasteiger partial charge in [0, 0.05) is 6.42 Å². The van der Waals surface area contributed by atoms with E-state index in [4.69, 9.17) is 9.05 Å². The molecule has 0 bridgehead atoms. The third kappa shape index (κ3) is 64.9. The van der Waals surface area contributed by atoms with Crippen LogP contribution in [0.2, 0.25) is 0 Å². The van der Waals surface area contributed by atoms with Crippen LogP contribution >= 0.6 is 7.82 Å². The maximum Gasteiger partial charge on any atom is 0.472 e. The third-order valence-electron chi connectivity index (χ3n) is 17.1. The maximum absolute atomic E-state index is 13.1. The van der Waals surface area contributed by atoms with Crippen molar-refractivity contribution in [1.29, 1.82) is 0 Å². The summed E-state index contributed by atoms with van der Waals surface area (Å²) in [6.45, 7) is 4.97. The van der Waals surface area contributed by atoms with Crippen molar-refractivity contribution in [3.63, 3.8) is 0 Å². The van der Waals surface area contributed by atoms with Gasteiger partial charge in [-0.3, -0.25) is 13.8 Å². The summed E-state index contributed by atoms with van der Waals surface area (Å²) in [5.74, 6) is -0.133. The lowest BCUT2D eigenvalue weighted by Gasteiger charge is -2.26. The molecule has 9 heteroatoms. The van der Waals surface area contributed by atoms with Gasteiger partial charge in [0.2, 0.25) is 5.91 Å². The van der Waals surface area contributed by atoms with E-state index in [1.54, 1.807) is 0 Å². The number of quaternary nitrogens is 1. The van der Waals surface area contributed by atoms with Crippen molar-refractivity contribution in [3.8, 4) is 0 Å². The van der Waals surface area contributed by atoms with Gasteiger partial charge < -0.3 is 19.8 Å². The SMILES string of the molecule is CCCCCCCCCCCCCCCCCCCCCCCCCCCCCCCCCCCCCCC(=O)NC(COP(=O)(O)OCC[N+](C)(C)C)C(O)CCCCCCCCCCCCCCCCCCCCCCC. The minimum Gasteiger partial charge on any atom is -0.391 e.